The van der Waals surface area contributed by atoms with Crippen LogP contribution >= 0.6 is 0 Å². The molecule has 0 rings (SSSR count). The highest BCUT2D eigenvalue weighted by Crippen LogP contribution is 2.66. The molecule has 0 saturated carbocycles. The third-order valence-electron chi connectivity index (χ3n) is 4.18. The van der Waals surface area contributed by atoms with E-state index in [4.69, 9.17) is 0 Å². The Kier molecular flexibility index (Phi) is 7.96. The SMILES string of the molecule is C=CC(=O)OC(C)C(F)(F)C(F)(F)C(F)(F)C(F)(F)C(F)(F)C(F)(F)C(F)(C(F)(F)F)C(F)(F)F. The van der Waals surface area contributed by atoms with Gasteiger partial charge in [0.25, 0.3) is 0 Å². The molecule has 35 heavy (non-hydrogen) atoms. The number of ether oxygens (including phenoxy) is 1. The quantitative estimate of drug-likeness (QED) is 0.175. The molecular formula is C14H7F19O2. The Balaban J connectivity index is 7.06. The van der Waals surface area contributed by atoms with Crippen LogP contribution in [0.25, 0.3) is 0 Å². The van der Waals surface area contributed by atoms with Crippen LogP contribution in [0.1, 0.15) is 6.92 Å². The maximum absolute atomic E-state index is 13.7. The van der Waals surface area contributed by atoms with Crippen LogP contribution in [0, 0.1) is 0 Å². The van der Waals surface area contributed by atoms with Crippen LogP contribution < -0.4 is 0 Å². The zero-order valence-corrected chi connectivity index (χ0v) is 15.9. The monoisotopic (exact) mass is 568 g/mol. The first kappa shape index (κ1) is 32.9. The molecule has 1 atom stereocenters. The molecule has 0 spiro atoms. The summed E-state index contributed by atoms with van der Waals surface area (Å²) in [4.78, 5) is 10.7. The van der Waals surface area contributed by atoms with Crippen LogP contribution in [-0.4, -0.2) is 65.6 Å². The Hall–Kier alpha value is -2.12. The van der Waals surface area contributed by atoms with Gasteiger partial charge in [0.1, 0.15) is 0 Å². The molecule has 1 unspecified atom stereocenters. The van der Waals surface area contributed by atoms with E-state index in [2.05, 4.69) is 11.3 Å². The molecule has 0 aromatic heterocycles. The average molecular weight is 568 g/mol. The smallest absolute Gasteiger partial charge is 0.438 e. The highest BCUT2D eigenvalue weighted by molar-refractivity contribution is 5.81. The molecule has 0 aliphatic rings. The molecule has 21 heteroatoms. The van der Waals surface area contributed by atoms with Gasteiger partial charge in [-0.3, -0.25) is 0 Å². The van der Waals surface area contributed by atoms with Crippen molar-refractivity contribution in [2.75, 3.05) is 0 Å². The Bertz CT molecular complexity index is 791. The fourth-order valence-corrected chi connectivity index (χ4v) is 2.09. The van der Waals surface area contributed by atoms with Crippen LogP contribution in [0.2, 0.25) is 0 Å². The van der Waals surface area contributed by atoms with Crippen LogP contribution in [0.5, 0.6) is 0 Å². The van der Waals surface area contributed by atoms with E-state index < -0.39 is 72.6 Å². The number of hydrogen-bond acceptors (Lipinski definition) is 2. The minimum Gasteiger partial charge on any atom is -0.453 e. The van der Waals surface area contributed by atoms with Gasteiger partial charge < -0.3 is 4.74 Å². The average Bonchev–Trinajstić information content (AvgIpc) is 2.64. The lowest BCUT2D eigenvalue weighted by molar-refractivity contribution is -0.473. The molecular weight excluding hydrogens is 561 g/mol. The fraction of sp³-hybridized carbons (Fsp3) is 0.786. The van der Waals surface area contributed by atoms with Crippen LogP contribution in [0.3, 0.4) is 0 Å². The van der Waals surface area contributed by atoms with Gasteiger partial charge in [0.2, 0.25) is 0 Å². The van der Waals surface area contributed by atoms with Gasteiger partial charge >= 0.3 is 59.5 Å². The molecule has 0 aromatic rings. The summed E-state index contributed by atoms with van der Waals surface area (Å²) < 4.78 is 254. The summed E-state index contributed by atoms with van der Waals surface area (Å²) in [6.45, 7) is 2.01. The lowest BCUT2D eigenvalue weighted by Crippen LogP contribution is -2.78. The Morgan fingerprint density at radius 3 is 1.17 bits per heavy atom. The highest BCUT2D eigenvalue weighted by Gasteiger charge is 2.98. The van der Waals surface area contributed by atoms with Gasteiger partial charge in [-0.1, -0.05) is 6.58 Å². The second-order valence-corrected chi connectivity index (χ2v) is 6.43. The summed E-state index contributed by atoms with van der Waals surface area (Å²) in [6.07, 6.45) is -20.8. The Morgan fingerprint density at radius 1 is 0.600 bits per heavy atom. The van der Waals surface area contributed by atoms with Gasteiger partial charge in [0.05, 0.1) is 0 Å². The summed E-state index contributed by atoms with van der Waals surface area (Å²) in [5.41, 5.74) is -8.79. The first-order valence-corrected chi connectivity index (χ1v) is 7.80. The maximum atomic E-state index is 13.7. The second kappa shape index (κ2) is 8.48. The Morgan fingerprint density at radius 2 is 0.886 bits per heavy atom. The van der Waals surface area contributed by atoms with Crippen molar-refractivity contribution in [3.63, 3.8) is 0 Å². The molecule has 0 aliphatic carbocycles. The zero-order chi connectivity index (χ0) is 29.1. The van der Waals surface area contributed by atoms with Gasteiger partial charge in [-0.05, 0) is 6.92 Å². The number of carbonyl (C=O) groups is 1. The molecule has 0 aromatic carbocycles. The molecule has 208 valence electrons. The van der Waals surface area contributed by atoms with E-state index in [-0.39, 0.29) is 6.08 Å². The molecule has 0 aliphatic heterocycles. The first-order chi connectivity index (χ1) is 14.9. The summed E-state index contributed by atoms with van der Waals surface area (Å²) in [6, 6.07) is 0. The van der Waals surface area contributed by atoms with E-state index in [1.165, 1.54) is 0 Å². The van der Waals surface area contributed by atoms with Crippen LogP contribution in [0.15, 0.2) is 12.7 Å². The largest absolute Gasteiger partial charge is 0.453 e. The number of rotatable bonds is 9. The molecule has 0 N–H and O–H groups in total. The Labute approximate surface area is 179 Å². The second-order valence-electron chi connectivity index (χ2n) is 6.43. The third kappa shape index (κ3) is 4.25. The van der Waals surface area contributed by atoms with Gasteiger partial charge in [-0.15, -0.1) is 0 Å². The van der Waals surface area contributed by atoms with Crippen molar-refractivity contribution >= 4 is 5.97 Å². The number of hydrogen-bond donors (Lipinski definition) is 0. The van der Waals surface area contributed by atoms with E-state index in [9.17, 15) is 88.2 Å². The standard InChI is InChI=1S/C14H7F19O2/c1-3-5(34)35-4(2)6(15,16)8(18,19)10(22,23)12(26,27)11(24,25)9(20,21)7(17,13(28,29)30)14(31,32)33/h3-4H,1H2,2H3. The van der Waals surface area contributed by atoms with E-state index in [1.54, 1.807) is 0 Å². The van der Waals surface area contributed by atoms with Gasteiger partial charge in [0, 0.05) is 6.08 Å². The van der Waals surface area contributed by atoms with Crippen molar-refractivity contribution in [3.05, 3.63) is 12.7 Å². The lowest BCUT2D eigenvalue weighted by Gasteiger charge is -2.45. The molecule has 0 radical (unpaired) electrons. The minimum absolute atomic E-state index is 0.124. The summed E-state index contributed by atoms with van der Waals surface area (Å²) in [5, 5.41) is 0. The van der Waals surface area contributed by atoms with E-state index in [0.717, 1.165) is 0 Å². The zero-order valence-electron chi connectivity index (χ0n) is 15.9. The molecule has 0 saturated heterocycles. The van der Waals surface area contributed by atoms with Crippen molar-refractivity contribution in [2.24, 2.45) is 0 Å². The predicted octanol–water partition coefficient (Wildman–Crippen LogP) is 6.75. The number of esters is 1. The number of alkyl halides is 19. The highest BCUT2D eigenvalue weighted by atomic mass is 19.4. The fourth-order valence-electron chi connectivity index (χ4n) is 2.09. The third-order valence-corrected chi connectivity index (χ3v) is 4.18. The van der Waals surface area contributed by atoms with Gasteiger partial charge in [-0.25, -0.2) is 9.18 Å². The molecule has 0 heterocycles. The van der Waals surface area contributed by atoms with E-state index in [0.29, 0.717) is 0 Å². The first-order valence-electron chi connectivity index (χ1n) is 7.80. The lowest BCUT2D eigenvalue weighted by atomic mass is 9.83. The van der Waals surface area contributed by atoms with Crippen LogP contribution in [-0.2, 0) is 9.53 Å². The van der Waals surface area contributed by atoms with Crippen molar-refractivity contribution in [2.45, 2.75) is 66.6 Å². The van der Waals surface area contributed by atoms with Crippen molar-refractivity contribution in [3.8, 4) is 0 Å². The molecule has 0 bridgehead atoms. The van der Waals surface area contributed by atoms with Crippen molar-refractivity contribution in [1.29, 1.82) is 0 Å². The number of halogens is 19. The van der Waals surface area contributed by atoms with Crippen LogP contribution in [0.4, 0.5) is 83.4 Å². The van der Waals surface area contributed by atoms with Gasteiger partial charge in [-0.2, -0.15) is 79.0 Å². The van der Waals surface area contributed by atoms with Gasteiger partial charge in [0.15, 0.2) is 6.10 Å². The normalized spacial score (nSPS) is 16.7. The topological polar surface area (TPSA) is 26.3 Å². The van der Waals surface area contributed by atoms with E-state index in [1.807, 2.05) is 0 Å². The number of carbonyl (C=O) groups excluding carboxylic acids is 1. The maximum Gasteiger partial charge on any atom is 0.438 e. The molecule has 0 amide bonds. The summed E-state index contributed by atoms with van der Waals surface area (Å²) in [7, 11) is 0. The molecule has 0 fully saturated rings. The minimum atomic E-state index is -9.09. The predicted molar refractivity (Wildman–Crippen MR) is 71.4 cm³/mol. The van der Waals surface area contributed by atoms with Crippen molar-refractivity contribution in [1.82, 2.24) is 0 Å². The van der Waals surface area contributed by atoms with E-state index >= 15 is 0 Å². The van der Waals surface area contributed by atoms with Crippen molar-refractivity contribution < 1.29 is 92.9 Å². The molecule has 2 nitrogen and oxygen atoms in total. The summed E-state index contributed by atoms with van der Waals surface area (Å²) in [5.74, 6) is -53.0. The summed E-state index contributed by atoms with van der Waals surface area (Å²) >= 11 is 0.